The molecule has 1 rings (SSSR count). The molecule has 0 saturated carbocycles. The molecule has 4 heteroatoms. The molecule has 0 amide bonds. The van der Waals surface area contributed by atoms with Gasteiger partial charge in [-0.1, -0.05) is 0 Å². The Morgan fingerprint density at radius 3 is 2.56 bits per heavy atom. The number of benzene rings is 1. The van der Waals surface area contributed by atoms with Gasteiger partial charge in [0.2, 0.25) is 0 Å². The van der Waals surface area contributed by atoms with E-state index in [1.807, 2.05) is 13.0 Å². The molecule has 4 nitrogen and oxygen atoms in total. The van der Waals surface area contributed by atoms with Crippen molar-refractivity contribution >= 4 is 6.47 Å². The van der Waals surface area contributed by atoms with Gasteiger partial charge >= 0.3 is 6.47 Å². The molecule has 0 heterocycles. The summed E-state index contributed by atoms with van der Waals surface area (Å²) >= 11 is 0. The van der Waals surface area contributed by atoms with Crippen LogP contribution in [0.1, 0.15) is 25.5 Å². The fourth-order valence-electron chi connectivity index (χ4n) is 1.34. The van der Waals surface area contributed by atoms with Crippen LogP contribution in [0.25, 0.3) is 0 Å². The van der Waals surface area contributed by atoms with Crippen LogP contribution < -0.4 is 9.47 Å². The minimum absolute atomic E-state index is 0.369. The predicted octanol–water partition coefficient (Wildman–Crippen LogP) is 2.24. The van der Waals surface area contributed by atoms with Crippen LogP contribution in [-0.2, 0) is 9.53 Å². The van der Waals surface area contributed by atoms with Gasteiger partial charge < -0.3 is 14.2 Å². The van der Waals surface area contributed by atoms with Gasteiger partial charge in [0.1, 0.15) is 17.6 Å². The Kier molecular flexibility index (Phi) is 4.64. The number of hydrogen-bond donors (Lipinski definition) is 0. The van der Waals surface area contributed by atoms with Crippen molar-refractivity contribution in [1.29, 1.82) is 0 Å². The maximum Gasteiger partial charge on any atom is 0.418 e. The highest BCUT2D eigenvalue weighted by Crippen LogP contribution is 2.27. The van der Waals surface area contributed by atoms with Gasteiger partial charge in [-0.05, 0) is 31.5 Å². The molecule has 0 aliphatic heterocycles. The third-order valence-corrected chi connectivity index (χ3v) is 2.14. The Morgan fingerprint density at radius 2 is 2.00 bits per heavy atom. The molecule has 0 spiro atoms. The summed E-state index contributed by atoms with van der Waals surface area (Å²) in [7, 11) is 1.58. The lowest BCUT2D eigenvalue weighted by atomic mass is 10.1. The summed E-state index contributed by atoms with van der Waals surface area (Å²) in [4.78, 5) is 10.1. The average Bonchev–Trinajstić information content (AvgIpc) is 2.29. The first-order valence-electron chi connectivity index (χ1n) is 5.05. The molecule has 0 aromatic heterocycles. The van der Waals surface area contributed by atoms with Crippen LogP contribution in [0.15, 0.2) is 18.2 Å². The monoisotopic (exact) mass is 223 g/mol. The Balaban J connectivity index is 2.98. The van der Waals surface area contributed by atoms with E-state index in [1.54, 1.807) is 26.2 Å². The second-order valence-corrected chi connectivity index (χ2v) is 3.22. The second kappa shape index (κ2) is 6.00. The summed E-state index contributed by atoms with van der Waals surface area (Å²) < 4.78 is 15.3. The number of hydrogen-bond acceptors (Lipinski definition) is 4. The van der Waals surface area contributed by atoms with Gasteiger partial charge in [-0.3, -0.25) is 0 Å². The van der Waals surface area contributed by atoms with Crippen LogP contribution >= 0.6 is 0 Å². The lowest BCUT2D eigenvalue weighted by Gasteiger charge is -2.13. The molecule has 0 aliphatic rings. The molecular formula is C12H15O4. The highest BCUT2D eigenvalue weighted by molar-refractivity contribution is 5.43. The molecule has 0 saturated heterocycles. The van der Waals surface area contributed by atoms with E-state index in [2.05, 4.69) is 0 Å². The normalized spacial score (nSPS) is 11.7. The van der Waals surface area contributed by atoms with Gasteiger partial charge in [-0.25, -0.2) is 4.79 Å². The number of rotatable bonds is 6. The van der Waals surface area contributed by atoms with Crippen LogP contribution in [-0.4, -0.2) is 20.2 Å². The maximum atomic E-state index is 10.1. The van der Waals surface area contributed by atoms with Crippen LogP contribution in [0.2, 0.25) is 0 Å². The Bertz CT molecular complexity index is 349. The van der Waals surface area contributed by atoms with E-state index in [9.17, 15) is 4.79 Å². The quantitative estimate of drug-likeness (QED) is 0.741. The van der Waals surface area contributed by atoms with Crippen molar-refractivity contribution in [3.8, 4) is 11.5 Å². The predicted molar refractivity (Wildman–Crippen MR) is 59.4 cm³/mol. The molecular weight excluding hydrogens is 208 g/mol. The van der Waals surface area contributed by atoms with Crippen molar-refractivity contribution in [3.63, 3.8) is 0 Å². The average molecular weight is 223 g/mol. The minimum atomic E-state index is -0.369. The first-order valence-corrected chi connectivity index (χ1v) is 5.05. The van der Waals surface area contributed by atoms with Gasteiger partial charge in [0.05, 0.1) is 13.7 Å². The van der Waals surface area contributed by atoms with E-state index in [4.69, 9.17) is 14.2 Å². The summed E-state index contributed by atoms with van der Waals surface area (Å²) in [5.74, 6) is 1.36. The fourth-order valence-corrected chi connectivity index (χ4v) is 1.34. The fraction of sp³-hybridized carbons (Fsp3) is 0.417. The SMILES string of the molecule is CCOc1cc(OC)cc(C(C)O[C]=O)c1. The molecule has 1 radical (unpaired) electrons. The number of ether oxygens (including phenoxy) is 3. The van der Waals surface area contributed by atoms with E-state index in [-0.39, 0.29) is 6.10 Å². The maximum absolute atomic E-state index is 10.1. The van der Waals surface area contributed by atoms with Gasteiger partial charge in [0.15, 0.2) is 0 Å². The summed E-state index contributed by atoms with van der Waals surface area (Å²) in [6.07, 6.45) is -0.369. The van der Waals surface area contributed by atoms with Crippen molar-refractivity contribution in [2.24, 2.45) is 0 Å². The highest BCUT2D eigenvalue weighted by atomic mass is 16.5. The van der Waals surface area contributed by atoms with E-state index in [0.29, 0.717) is 18.1 Å². The van der Waals surface area contributed by atoms with Gasteiger partial charge in [-0.15, -0.1) is 0 Å². The zero-order valence-corrected chi connectivity index (χ0v) is 9.65. The molecule has 1 unspecified atom stereocenters. The Morgan fingerprint density at radius 1 is 1.31 bits per heavy atom. The topological polar surface area (TPSA) is 44.8 Å². The molecule has 0 fully saturated rings. The second-order valence-electron chi connectivity index (χ2n) is 3.22. The molecule has 0 N–H and O–H groups in total. The van der Waals surface area contributed by atoms with Gasteiger partial charge in [-0.2, -0.15) is 0 Å². The molecule has 1 atom stereocenters. The van der Waals surface area contributed by atoms with Crippen LogP contribution in [0.3, 0.4) is 0 Å². The van der Waals surface area contributed by atoms with Crippen molar-refractivity contribution in [2.45, 2.75) is 20.0 Å². The van der Waals surface area contributed by atoms with E-state index < -0.39 is 0 Å². The Hall–Kier alpha value is -1.71. The van der Waals surface area contributed by atoms with Crippen LogP contribution in [0.4, 0.5) is 0 Å². The van der Waals surface area contributed by atoms with Crippen molar-refractivity contribution in [3.05, 3.63) is 23.8 Å². The number of carbonyl (C=O) groups excluding carboxylic acids is 1. The lowest BCUT2D eigenvalue weighted by molar-refractivity contribution is 0.196. The molecule has 0 aliphatic carbocycles. The van der Waals surface area contributed by atoms with Crippen molar-refractivity contribution in [1.82, 2.24) is 0 Å². The molecule has 87 valence electrons. The van der Waals surface area contributed by atoms with Gasteiger partial charge in [0, 0.05) is 6.07 Å². The van der Waals surface area contributed by atoms with Crippen molar-refractivity contribution < 1.29 is 19.0 Å². The minimum Gasteiger partial charge on any atom is -0.497 e. The van der Waals surface area contributed by atoms with E-state index in [0.717, 1.165) is 5.56 Å². The zero-order valence-electron chi connectivity index (χ0n) is 9.65. The smallest absolute Gasteiger partial charge is 0.418 e. The third-order valence-electron chi connectivity index (χ3n) is 2.14. The summed E-state index contributed by atoms with van der Waals surface area (Å²) in [6, 6.07) is 5.39. The summed E-state index contributed by atoms with van der Waals surface area (Å²) in [5.41, 5.74) is 0.811. The Labute approximate surface area is 95.1 Å². The van der Waals surface area contributed by atoms with E-state index in [1.165, 1.54) is 6.47 Å². The molecule has 16 heavy (non-hydrogen) atoms. The summed E-state index contributed by atoms with van der Waals surface area (Å²) in [5, 5.41) is 0. The molecule has 0 bridgehead atoms. The standard InChI is InChI=1S/C12H15O4/c1-4-15-12-6-10(9(2)16-8-13)5-11(7-12)14-3/h5-7,9H,4H2,1-3H3. The van der Waals surface area contributed by atoms with Crippen LogP contribution in [0.5, 0.6) is 11.5 Å². The van der Waals surface area contributed by atoms with Crippen molar-refractivity contribution in [2.75, 3.05) is 13.7 Å². The zero-order chi connectivity index (χ0) is 12.0. The van der Waals surface area contributed by atoms with Crippen LogP contribution in [0, 0.1) is 0 Å². The van der Waals surface area contributed by atoms with Gasteiger partial charge in [0.25, 0.3) is 0 Å². The first kappa shape index (κ1) is 12.4. The molecule has 1 aromatic rings. The number of methoxy groups -OCH3 is 1. The molecule has 1 aromatic carbocycles. The highest BCUT2D eigenvalue weighted by Gasteiger charge is 2.10. The third kappa shape index (κ3) is 3.15. The largest absolute Gasteiger partial charge is 0.497 e. The summed E-state index contributed by atoms with van der Waals surface area (Å²) in [6.45, 7) is 5.65. The van der Waals surface area contributed by atoms with E-state index >= 15 is 0 Å². The first-order chi connectivity index (χ1) is 7.71. The lowest BCUT2D eigenvalue weighted by Crippen LogP contribution is -2.00.